The van der Waals surface area contributed by atoms with Crippen LogP contribution in [0.1, 0.15) is 50.9 Å². The maximum absolute atomic E-state index is 6.03. The molecule has 0 aliphatic heterocycles. The monoisotopic (exact) mass is 239 g/mol. The molecule has 5 nitrogen and oxygen atoms in total. The first kappa shape index (κ1) is 12.5. The molecule has 1 aliphatic rings. The van der Waals surface area contributed by atoms with E-state index in [9.17, 15) is 0 Å². The first-order valence-corrected chi connectivity index (χ1v) is 6.44. The predicted molar refractivity (Wildman–Crippen MR) is 63.4 cm³/mol. The highest BCUT2D eigenvalue weighted by Gasteiger charge is 2.30. The minimum atomic E-state index is -0.0605. The smallest absolute Gasteiger partial charge is 0.228 e. The van der Waals surface area contributed by atoms with Crippen molar-refractivity contribution >= 4 is 0 Å². The lowest BCUT2D eigenvalue weighted by Gasteiger charge is -2.09. The summed E-state index contributed by atoms with van der Waals surface area (Å²) >= 11 is 0. The Morgan fingerprint density at radius 2 is 2.24 bits per heavy atom. The fourth-order valence-electron chi connectivity index (χ4n) is 1.95. The largest absolute Gasteiger partial charge is 0.370 e. The second kappa shape index (κ2) is 5.60. The minimum Gasteiger partial charge on any atom is -0.370 e. The molecule has 1 aliphatic carbocycles. The van der Waals surface area contributed by atoms with Crippen molar-refractivity contribution in [3.63, 3.8) is 0 Å². The van der Waals surface area contributed by atoms with Crippen molar-refractivity contribution in [3.05, 3.63) is 11.7 Å². The van der Waals surface area contributed by atoms with Gasteiger partial charge in [0.25, 0.3) is 0 Å². The summed E-state index contributed by atoms with van der Waals surface area (Å²) in [5, 5.41) is 3.97. The number of nitrogens with zero attached hydrogens (tertiary/aromatic N) is 2. The number of hydrogen-bond donors (Lipinski definition) is 1. The van der Waals surface area contributed by atoms with E-state index in [2.05, 4.69) is 10.1 Å². The van der Waals surface area contributed by atoms with Crippen LogP contribution in [0, 0.1) is 5.92 Å². The molecule has 1 aromatic rings. The lowest BCUT2D eigenvalue weighted by atomic mass is 10.1. The van der Waals surface area contributed by atoms with E-state index in [-0.39, 0.29) is 12.1 Å². The SMILES string of the molecule is CCOC(CC)c1noc(CC(N)C2CC2)n1. The number of nitrogens with two attached hydrogens (primary N) is 1. The van der Waals surface area contributed by atoms with E-state index >= 15 is 0 Å². The summed E-state index contributed by atoms with van der Waals surface area (Å²) in [7, 11) is 0. The summed E-state index contributed by atoms with van der Waals surface area (Å²) < 4.78 is 10.8. The third-order valence-electron chi connectivity index (χ3n) is 3.15. The van der Waals surface area contributed by atoms with Crippen molar-refractivity contribution in [1.29, 1.82) is 0 Å². The molecular formula is C12H21N3O2. The Balaban J connectivity index is 1.93. The van der Waals surface area contributed by atoms with Gasteiger partial charge in [-0.25, -0.2) is 0 Å². The molecule has 2 unspecified atom stereocenters. The second-order valence-electron chi connectivity index (χ2n) is 4.60. The lowest BCUT2D eigenvalue weighted by molar-refractivity contribution is 0.0518. The zero-order chi connectivity index (χ0) is 12.3. The van der Waals surface area contributed by atoms with Gasteiger partial charge in [-0.05, 0) is 32.1 Å². The second-order valence-corrected chi connectivity index (χ2v) is 4.60. The van der Waals surface area contributed by atoms with Crippen LogP contribution in [0.3, 0.4) is 0 Å². The molecule has 0 aromatic carbocycles. The Labute approximate surface area is 102 Å². The van der Waals surface area contributed by atoms with Crippen LogP contribution in [0.25, 0.3) is 0 Å². The molecule has 96 valence electrons. The molecule has 0 radical (unpaired) electrons. The highest BCUT2D eigenvalue weighted by atomic mass is 16.5. The van der Waals surface area contributed by atoms with Crippen LogP contribution in [0.15, 0.2) is 4.52 Å². The predicted octanol–water partition coefficient (Wildman–Crippen LogP) is 1.84. The zero-order valence-corrected chi connectivity index (χ0v) is 10.6. The standard InChI is InChI=1S/C12H21N3O2/c1-3-10(16-4-2)12-14-11(17-15-12)7-9(13)8-5-6-8/h8-10H,3-7,13H2,1-2H3. The van der Waals surface area contributed by atoms with Crippen LogP contribution in [0.4, 0.5) is 0 Å². The van der Waals surface area contributed by atoms with Crippen LogP contribution in [0.5, 0.6) is 0 Å². The molecule has 2 rings (SSSR count). The molecule has 0 bridgehead atoms. The highest BCUT2D eigenvalue weighted by Crippen LogP contribution is 2.32. The summed E-state index contributed by atoms with van der Waals surface area (Å²) in [5.41, 5.74) is 6.03. The quantitative estimate of drug-likeness (QED) is 0.785. The zero-order valence-electron chi connectivity index (χ0n) is 10.6. The van der Waals surface area contributed by atoms with Crippen LogP contribution in [-0.4, -0.2) is 22.8 Å². The normalized spacial score (nSPS) is 19.2. The van der Waals surface area contributed by atoms with Crippen molar-refractivity contribution < 1.29 is 9.26 Å². The van der Waals surface area contributed by atoms with Gasteiger partial charge in [0.1, 0.15) is 6.10 Å². The van der Waals surface area contributed by atoms with Gasteiger partial charge < -0.3 is 15.0 Å². The Kier molecular flexibility index (Phi) is 4.12. The minimum absolute atomic E-state index is 0.0605. The Morgan fingerprint density at radius 3 is 2.82 bits per heavy atom. The Morgan fingerprint density at radius 1 is 1.47 bits per heavy atom. The molecule has 1 aromatic heterocycles. The average molecular weight is 239 g/mol. The molecule has 0 spiro atoms. The van der Waals surface area contributed by atoms with E-state index in [1.807, 2.05) is 13.8 Å². The van der Waals surface area contributed by atoms with E-state index in [4.69, 9.17) is 15.0 Å². The van der Waals surface area contributed by atoms with E-state index < -0.39 is 0 Å². The van der Waals surface area contributed by atoms with Gasteiger partial charge in [0.15, 0.2) is 0 Å². The van der Waals surface area contributed by atoms with Crippen LogP contribution >= 0.6 is 0 Å². The third kappa shape index (κ3) is 3.26. The molecule has 17 heavy (non-hydrogen) atoms. The first-order chi connectivity index (χ1) is 8.24. The van der Waals surface area contributed by atoms with Gasteiger partial charge in [0.2, 0.25) is 11.7 Å². The molecule has 1 heterocycles. The Bertz CT molecular complexity index is 349. The molecule has 1 saturated carbocycles. The third-order valence-corrected chi connectivity index (χ3v) is 3.15. The topological polar surface area (TPSA) is 74.2 Å². The van der Waals surface area contributed by atoms with Crippen LogP contribution in [0.2, 0.25) is 0 Å². The van der Waals surface area contributed by atoms with Gasteiger partial charge in [-0.15, -0.1) is 0 Å². The molecular weight excluding hydrogens is 218 g/mol. The summed E-state index contributed by atoms with van der Waals surface area (Å²) in [5.74, 6) is 1.93. The van der Waals surface area contributed by atoms with Gasteiger partial charge in [-0.2, -0.15) is 4.98 Å². The number of ether oxygens (including phenoxy) is 1. The fourth-order valence-corrected chi connectivity index (χ4v) is 1.95. The molecule has 2 N–H and O–H groups in total. The van der Waals surface area contributed by atoms with E-state index in [0.29, 0.717) is 30.7 Å². The molecule has 0 saturated heterocycles. The van der Waals surface area contributed by atoms with Crippen LogP contribution < -0.4 is 5.73 Å². The average Bonchev–Trinajstić information content (AvgIpc) is 3.08. The molecule has 0 amide bonds. The van der Waals surface area contributed by atoms with Crippen LogP contribution in [-0.2, 0) is 11.2 Å². The summed E-state index contributed by atoms with van der Waals surface area (Å²) in [6.07, 6.45) is 3.94. The Hall–Kier alpha value is -0.940. The van der Waals surface area contributed by atoms with Crippen molar-refractivity contribution in [2.75, 3.05) is 6.61 Å². The maximum Gasteiger partial charge on any atom is 0.228 e. The van der Waals surface area contributed by atoms with Gasteiger partial charge >= 0.3 is 0 Å². The van der Waals surface area contributed by atoms with Crippen molar-refractivity contribution in [2.24, 2.45) is 11.7 Å². The van der Waals surface area contributed by atoms with Gasteiger partial charge in [-0.1, -0.05) is 12.1 Å². The van der Waals surface area contributed by atoms with E-state index in [1.54, 1.807) is 0 Å². The fraction of sp³-hybridized carbons (Fsp3) is 0.833. The summed E-state index contributed by atoms with van der Waals surface area (Å²) in [4.78, 5) is 4.37. The molecule has 1 fully saturated rings. The highest BCUT2D eigenvalue weighted by molar-refractivity contribution is 4.95. The van der Waals surface area contributed by atoms with E-state index in [0.717, 1.165) is 6.42 Å². The lowest BCUT2D eigenvalue weighted by Crippen LogP contribution is -2.25. The van der Waals surface area contributed by atoms with Crippen molar-refractivity contribution in [3.8, 4) is 0 Å². The number of rotatable bonds is 7. The van der Waals surface area contributed by atoms with E-state index in [1.165, 1.54) is 12.8 Å². The summed E-state index contributed by atoms with van der Waals surface area (Å²) in [6.45, 7) is 4.67. The van der Waals surface area contributed by atoms with Gasteiger partial charge in [-0.3, -0.25) is 0 Å². The van der Waals surface area contributed by atoms with Crippen molar-refractivity contribution in [2.45, 2.75) is 51.7 Å². The first-order valence-electron chi connectivity index (χ1n) is 6.44. The summed E-state index contributed by atoms with van der Waals surface area (Å²) in [6, 6.07) is 0.162. The molecule has 5 heteroatoms. The maximum atomic E-state index is 6.03. The van der Waals surface area contributed by atoms with Gasteiger partial charge in [0, 0.05) is 19.1 Å². The molecule has 2 atom stereocenters. The van der Waals surface area contributed by atoms with Gasteiger partial charge in [0.05, 0.1) is 0 Å². The van der Waals surface area contributed by atoms with Crippen molar-refractivity contribution in [1.82, 2.24) is 10.1 Å². The number of hydrogen-bond acceptors (Lipinski definition) is 5. The number of aromatic nitrogens is 2.